The molecule has 2 aliphatic carbocycles. The smallest absolute Gasteiger partial charge is 0.309 e. The van der Waals surface area contributed by atoms with Gasteiger partial charge in [0.1, 0.15) is 6.61 Å². The largest absolute Gasteiger partial charge is 0.461 e. The van der Waals surface area contributed by atoms with Crippen molar-refractivity contribution in [3.8, 4) is 0 Å². The number of carbonyl (C=O) groups is 1. The molecule has 2 aliphatic rings. The fourth-order valence-electron chi connectivity index (χ4n) is 4.74. The van der Waals surface area contributed by atoms with Crippen molar-refractivity contribution in [3.63, 3.8) is 0 Å². The van der Waals surface area contributed by atoms with E-state index in [-0.39, 0.29) is 28.8 Å². The van der Waals surface area contributed by atoms with Crippen molar-refractivity contribution >= 4 is 17.7 Å². The van der Waals surface area contributed by atoms with Crippen LogP contribution in [0.25, 0.3) is 0 Å². The molecule has 3 rings (SSSR count). The van der Waals surface area contributed by atoms with Gasteiger partial charge in [-0.1, -0.05) is 51.1 Å². The molecule has 2 fully saturated rings. The molecule has 2 bridgehead atoms. The van der Waals surface area contributed by atoms with Gasteiger partial charge in [-0.25, -0.2) is 0 Å². The Balaban J connectivity index is 1.46. The van der Waals surface area contributed by atoms with Gasteiger partial charge in [0.05, 0.1) is 12.0 Å². The number of hydrogen-bond acceptors (Lipinski definition) is 4. The van der Waals surface area contributed by atoms with Gasteiger partial charge in [0.2, 0.25) is 0 Å². The van der Waals surface area contributed by atoms with Crippen LogP contribution in [-0.2, 0) is 16.1 Å². The van der Waals surface area contributed by atoms with Gasteiger partial charge in [-0.3, -0.25) is 4.79 Å². The third kappa shape index (κ3) is 3.48. The predicted molar refractivity (Wildman–Crippen MR) is 102 cm³/mol. The first-order valence-electron chi connectivity index (χ1n) is 9.33. The van der Waals surface area contributed by atoms with E-state index in [0.29, 0.717) is 12.5 Å². The molecule has 1 N–H and O–H groups in total. The Morgan fingerprint density at radius 3 is 2.68 bits per heavy atom. The summed E-state index contributed by atoms with van der Waals surface area (Å²) in [5.41, 5.74) is 1.24. The molecule has 2 saturated carbocycles. The van der Waals surface area contributed by atoms with Crippen LogP contribution in [0.5, 0.6) is 0 Å². The van der Waals surface area contributed by atoms with Crippen molar-refractivity contribution in [3.05, 3.63) is 35.9 Å². The second kappa shape index (κ2) is 7.32. The molecule has 0 saturated heterocycles. The van der Waals surface area contributed by atoms with Crippen LogP contribution in [0.2, 0.25) is 0 Å². The topological polar surface area (TPSA) is 46.5 Å². The van der Waals surface area contributed by atoms with Crippen LogP contribution in [0.15, 0.2) is 30.3 Å². The first-order chi connectivity index (χ1) is 11.9. The summed E-state index contributed by atoms with van der Waals surface area (Å²) in [6.45, 7) is 6.91. The molecule has 3 nitrogen and oxygen atoms in total. The SMILES string of the molecule is C[C@@H](CSCC12CCC(CC1O)C2(C)C)C(=O)OCc1ccccc1. The highest BCUT2D eigenvalue weighted by Crippen LogP contribution is 2.66. The van der Waals surface area contributed by atoms with Gasteiger partial charge in [-0.2, -0.15) is 11.8 Å². The summed E-state index contributed by atoms with van der Waals surface area (Å²) in [4.78, 5) is 12.2. The highest BCUT2D eigenvalue weighted by Gasteiger charge is 2.63. The molecule has 0 heterocycles. The van der Waals surface area contributed by atoms with E-state index >= 15 is 0 Å². The van der Waals surface area contributed by atoms with Gasteiger partial charge < -0.3 is 9.84 Å². The van der Waals surface area contributed by atoms with Crippen molar-refractivity contribution in [1.82, 2.24) is 0 Å². The summed E-state index contributed by atoms with van der Waals surface area (Å²) in [5, 5.41) is 10.6. The Morgan fingerprint density at radius 2 is 2.08 bits per heavy atom. The first kappa shape index (κ1) is 18.8. The van der Waals surface area contributed by atoms with E-state index in [9.17, 15) is 9.90 Å². The molecule has 4 heteroatoms. The van der Waals surface area contributed by atoms with Crippen LogP contribution in [0.3, 0.4) is 0 Å². The number of hydrogen-bond donors (Lipinski definition) is 1. The number of aliphatic hydroxyl groups is 1. The van der Waals surface area contributed by atoms with Crippen LogP contribution >= 0.6 is 11.8 Å². The van der Waals surface area contributed by atoms with E-state index < -0.39 is 0 Å². The second-order valence-corrected chi connectivity index (χ2v) is 9.40. The quantitative estimate of drug-likeness (QED) is 0.735. The lowest BCUT2D eigenvalue weighted by atomic mass is 9.70. The number of esters is 1. The molecule has 0 aromatic heterocycles. The lowest BCUT2D eigenvalue weighted by Gasteiger charge is -2.40. The van der Waals surface area contributed by atoms with Gasteiger partial charge in [-0.15, -0.1) is 0 Å². The maximum absolute atomic E-state index is 12.2. The second-order valence-electron chi connectivity index (χ2n) is 8.37. The number of benzene rings is 1. The lowest BCUT2D eigenvalue weighted by Crippen LogP contribution is -2.41. The summed E-state index contributed by atoms with van der Waals surface area (Å²) in [6, 6.07) is 9.78. The van der Waals surface area contributed by atoms with Crippen LogP contribution in [0.1, 0.15) is 45.6 Å². The van der Waals surface area contributed by atoms with Gasteiger partial charge >= 0.3 is 5.97 Å². The van der Waals surface area contributed by atoms with Crippen LogP contribution < -0.4 is 0 Å². The van der Waals surface area contributed by atoms with Crippen molar-refractivity contribution in [2.45, 2.75) is 52.7 Å². The summed E-state index contributed by atoms with van der Waals surface area (Å²) >= 11 is 1.80. The normalized spacial score (nSPS) is 31.0. The third-order valence-electron chi connectivity index (χ3n) is 6.74. The Morgan fingerprint density at radius 1 is 1.36 bits per heavy atom. The average molecular weight is 363 g/mol. The average Bonchev–Trinajstić information content (AvgIpc) is 2.95. The van der Waals surface area contributed by atoms with Crippen molar-refractivity contribution in [1.29, 1.82) is 0 Å². The molecule has 1 aromatic carbocycles. The van der Waals surface area contributed by atoms with Crippen LogP contribution in [0.4, 0.5) is 0 Å². The Kier molecular flexibility index (Phi) is 5.50. The molecular formula is C21H30O3S. The van der Waals surface area contributed by atoms with Crippen molar-refractivity contribution in [2.24, 2.45) is 22.7 Å². The number of thioether (sulfide) groups is 1. The maximum Gasteiger partial charge on any atom is 0.309 e. The standard InChI is InChI=1S/C21H30O3S/c1-15(19(23)24-12-16-7-5-4-6-8-16)13-25-14-21-10-9-17(11-18(21)22)20(21,2)3/h4-8,15,17-18,22H,9-14H2,1-3H3/t15-,17?,18?,21?/m0/s1. The minimum absolute atomic E-state index is 0.0238. The number of fused-ring (bicyclic) bond motifs is 2. The lowest BCUT2D eigenvalue weighted by molar-refractivity contribution is -0.148. The number of carbonyl (C=O) groups excluding carboxylic acids is 1. The Labute approximate surface area is 155 Å². The van der Waals surface area contributed by atoms with Gasteiger partial charge in [0.25, 0.3) is 0 Å². The van der Waals surface area contributed by atoms with Crippen LogP contribution in [-0.4, -0.2) is 28.7 Å². The molecule has 0 aliphatic heterocycles. The maximum atomic E-state index is 12.2. The van der Waals surface area contributed by atoms with Gasteiger partial charge in [0.15, 0.2) is 0 Å². The monoisotopic (exact) mass is 362 g/mol. The molecule has 138 valence electrons. The van der Waals surface area contributed by atoms with Crippen molar-refractivity contribution < 1.29 is 14.6 Å². The van der Waals surface area contributed by atoms with E-state index in [1.165, 1.54) is 6.42 Å². The minimum atomic E-state index is -0.186. The van der Waals surface area contributed by atoms with Crippen molar-refractivity contribution in [2.75, 3.05) is 11.5 Å². The molecule has 25 heavy (non-hydrogen) atoms. The van der Waals surface area contributed by atoms with E-state index in [1.54, 1.807) is 11.8 Å². The molecule has 0 amide bonds. The fraction of sp³-hybridized carbons (Fsp3) is 0.667. The van der Waals surface area contributed by atoms with E-state index in [4.69, 9.17) is 4.74 Å². The number of aliphatic hydroxyl groups excluding tert-OH is 1. The highest BCUT2D eigenvalue weighted by atomic mass is 32.2. The zero-order valence-corrected chi connectivity index (χ0v) is 16.3. The van der Waals surface area contributed by atoms with E-state index in [1.807, 2.05) is 37.3 Å². The summed E-state index contributed by atoms with van der Waals surface area (Å²) in [6.07, 6.45) is 3.11. The molecule has 0 spiro atoms. The minimum Gasteiger partial charge on any atom is -0.461 e. The van der Waals surface area contributed by atoms with E-state index in [0.717, 1.165) is 29.9 Å². The fourth-order valence-corrected chi connectivity index (χ4v) is 6.42. The summed E-state index contributed by atoms with van der Waals surface area (Å²) in [7, 11) is 0. The Bertz CT molecular complexity index is 600. The zero-order valence-electron chi connectivity index (χ0n) is 15.5. The summed E-state index contributed by atoms with van der Waals surface area (Å²) in [5.74, 6) is 2.08. The third-order valence-corrected chi connectivity index (χ3v) is 8.20. The summed E-state index contributed by atoms with van der Waals surface area (Å²) < 4.78 is 5.43. The number of rotatable bonds is 7. The van der Waals surface area contributed by atoms with Gasteiger partial charge in [0, 0.05) is 16.9 Å². The molecule has 0 radical (unpaired) electrons. The highest BCUT2D eigenvalue weighted by molar-refractivity contribution is 7.99. The van der Waals surface area contributed by atoms with E-state index in [2.05, 4.69) is 13.8 Å². The molecule has 3 unspecified atom stereocenters. The first-order valence-corrected chi connectivity index (χ1v) is 10.5. The van der Waals surface area contributed by atoms with Crippen LogP contribution in [0, 0.1) is 22.7 Å². The number of ether oxygens (including phenoxy) is 1. The molecule has 1 aromatic rings. The molecule has 4 atom stereocenters. The predicted octanol–water partition coefficient (Wildman–Crippen LogP) is 4.29. The van der Waals surface area contributed by atoms with Gasteiger partial charge in [-0.05, 0) is 36.2 Å². The zero-order chi connectivity index (χ0) is 18.1. The Hall–Kier alpha value is -1.00. The molecular weight excluding hydrogens is 332 g/mol.